The Balaban J connectivity index is 1.72. The van der Waals surface area contributed by atoms with E-state index >= 15 is 0 Å². The molecule has 0 atom stereocenters. The molecule has 2 heterocycles. The van der Waals surface area contributed by atoms with Gasteiger partial charge < -0.3 is 14.8 Å². The number of aromatic nitrogens is 2. The zero-order valence-electron chi connectivity index (χ0n) is 14.6. The molecule has 3 rings (SSSR count). The Labute approximate surface area is 155 Å². The van der Waals surface area contributed by atoms with Crippen LogP contribution in [0, 0.1) is 0 Å². The number of nitrogens with one attached hydrogen (secondary N) is 1. The topological polar surface area (TPSA) is 73.3 Å². The molecule has 1 aromatic carbocycles. The highest BCUT2D eigenvalue weighted by molar-refractivity contribution is 7.12. The van der Waals surface area contributed by atoms with Gasteiger partial charge in [-0.3, -0.25) is 4.79 Å². The summed E-state index contributed by atoms with van der Waals surface area (Å²) >= 11 is 1.38. The van der Waals surface area contributed by atoms with Crippen LogP contribution in [0.2, 0.25) is 0 Å². The lowest BCUT2D eigenvalue weighted by Gasteiger charge is -2.09. The normalized spacial score (nSPS) is 10.4. The van der Waals surface area contributed by atoms with E-state index in [2.05, 4.69) is 15.3 Å². The van der Waals surface area contributed by atoms with Crippen molar-refractivity contribution in [2.24, 2.45) is 0 Å². The maximum Gasteiger partial charge on any atom is 0.318 e. The zero-order valence-corrected chi connectivity index (χ0v) is 15.4. The second-order valence-corrected chi connectivity index (χ2v) is 6.41. The van der Waals surface area contributed by atoms with Crippen molar-refractivity contribution in [2.45, 2.75) is 6.42 Å². The predicted octanol–water partition coefficient (Wildman–Crippen LogP) is 3.69. The van der Waals surface area contributed by atoms with E-state index in [1.807, 2.05) is 41.8 Å². The minimum absolute atomic E-state index is 0.262. The van der Waals surface area contributed by atoms with E-state index in [-0.39, 0.29) is 6.01 Å². The summed E-state index contributed by atoms with van der Waals surface area (Å²) in [5.74, 6) is 1.50. The van der Waals surface area contributed by atoms with Crippen molar-refractivity contribution in [3.05, 3.63) is 52.2 Å². The van der Waals surface area contributed by atoms with Gasteiger partial charge in [0, 0.05) is 18.2 Å². The van der Waals surface area contributed by atoms with Crippen LogP contribution in [0.25, 0.3) is 11.3 Å². The SMILES string of the molecule is COc1ccc(CCNc2cc(-c3ccsc3C=O)nc(OC)n2)cc1. The van der Waals surface area contributed by atoms with Crippen LogP contribution in [0.15, 0.2) is 41.8 Å². The molecule has 2 aromatic heterocycles. The fourth-order valence-electron chi connectivity index (χ4n) is 2.50. The van der Waals surface area contributed by atoms with Crippen LogP contribution in [0.5, 0.6) is 11.8 Å². The van der Waals surface area contributed by atoms with Gasteiger partial charge >= 0.3 is 6.01 Å². The predicted molar refractivity (Wildman–Crippen MR) is 102 cm³/mol. The van der Waals surface area contributed by atoms with Gasteiger partial charge in [-0.25, -0.2) is 0 Å². The molecule has 0 radical (unpaired) electrons. The third-order valence-corrected chi connectivity index (χ3v) is 4.69. The summed E-state index contributed by atoms with van der Waals surface area (Å²) in [6.45, 7) is 0.704. The molecule has 6 nitrogen and oxygen atoms in total. The molecule has 0 saturated carbocycles. The first kappa shape index (κ1) is 17.9. The number of rotatable bonds is 8. The van der Waals surface area contributed by atoms with E-state index in [0.29, 0.717) is 22.9 Å². The van der Waals surface area contributed by atoms with Crippen LogP contribution in [-0.4, -0.2) is 37.0 Å². The molecule has 0 amide bonds. The molecule has 134 valence electrons. The molecule has 0 aliphatic carbocycles. The number of hydrogen-bond donors (Lipinski definition) is 1. The quantitative estimate of drug-likeness (QED) is 0.611. The van der Waals surface area contributed by atoms with Gasteiger partial charge in [0.2, 0.25) is 0 Å². The van der Waals surface area contributed by atoms with E-state index in [1.54, 1.807) is 7.11 Å². The first-order chi connectivity index (χ1) is 12.7. The fraction of sp³-hybridized carbons (Fsp3) is 0.211. The molecule has 0 saturated heterocycles. The number of anilines is 1. The maximum atomic E-state index is 11.2. The van der Waals surface area contributed by atoms with E-state index in [1.165, 1.54) is 24.0 Å². The first-order valence-electron chi connectivity index (χ1n) is 8.06. The molecule has 0 fully saturated rings. The highest BCUT2D eigenvalue weighted by atomic mass is 32.1. The second-order valence-electron chi connectivity index (χ2n) is 5.47. The molecular weight excluding hydrogens is 350 g/mol. The summed E-state index contributed by atoms with van der Waals surface area (Å²) < 4.78 is 10.4. The second kappa shape index (κ2) is 8.44. The van der Waals surface area contributed by atoms with Crippen LogP contribution >= 0.6 is 11.3 Å². The van der Waals surface area contributed by atoms with Crippen molar-refractivity contribution in [3.8, 4) is 23.0 Å². The van der Waals surface area contributed by atoms with Crippen molar-refractivity contribution < 1.29 is 14.3 Å². The number of aldehydes is 1. The maximum absolute atomic E-state index is 11.2. The van der Waals surface area contributed by atoms with E-state index in [0.717, 1.165) is 24.0 Å². The minimum atomic E-state index is 0.262. The average molecular weight is 369 g/mol. The van der Waals surface area contributed by atoms with E-state index in [4.69, 9.17) is 9.47 Å². The van der Waals surface area contributed by atoms with Crippen molar-refractivity contribution in [1.82, 2.24) is 9.97 Å². The number of carbonyl (C=O) groups excluding carboxylic acids is 1. The first-order valence-corrected chi connectivity index (χ1v) is 8.94. The number of nitrogens with zero attached hydrogens (tertiary/aromatic N) is 2. The molecule has 1 N–H and O–H groups in total. The van der Waals surface area contributed by atoms with Crippen LogP contribution in [0.4, 0.5) is 5.82 Å². The smallest absolute Gasteiger partial charge is 0.318 e. The van der Waals surface area contributed by atoms with Crippen LogP contribution in [0.3, 0.4) is 0 Å². The monoisotopic (exact) mass is 369 g/mol. The number of thiophene rings is 1. The van der Waals surface area contributed by atoms with Gasteiger partial charge in [0.15, 0.2) is 6.29 Å². The Bertz CT molecular complexity index is 878. The van der Waals surface area contributed by atoms with E-state index < -0.39 is 0 Å². The molecule has 0 unspecified atom stereocenters. The van der Waals surface area contributed by atoms with Crippen LogP contribution in [0.1, 0.15) is 15.2 Å². The summed E-state index contributed by atoms with van der Waals surface area (Å²) in [7, 11) is 3.18. The third-order valence-electron chi connectivity index (χ3n) is 3.85. The summed E-state index contributed by atoms with van der Waals surface area (Å²) in [5, 5.41) is 5.15. The van der Waals surface area contributed by atoms with Crippen molar-refractivity contribution >= 4 is 23.4 Å². The standard InChI is InChI=1S/C19H19N3O3S/c1-24-14-5-3-13(4-6-14)7-9-20-18-11-16(21-19(22-18)25-2)15-8-10-26-17(15)12-23/h3-6,8,10-12H,7,9H2,1-2H3,(H,20,21,22). The molecule has 26 heavy (non-hydrogen) atoms. The van der Waals surface area contributed by atoms with Gasteiger partial charge in [0.1, 0.15) is 11.6 Å². The number of carbonyl (C=O) groups is 1. The van der Waals surface area contributed by atoms with E-state index in [9.17, 15) is 4.79 Å². The Morgan fingerprint density at radius 1 is 1.12 bits per heavy atom. The molecule has 0 spiro atoms. The Kier molecular flexibility index (Phi) is 5.80. The summed E-state index contributed by atoms with van der Waals surface area (Å²) in [5.41, 5.74) is 2.64. The largest absolute Gasteiger partial charge is 0.497 e. The highest BCUT2D eigenvalue weighted by Crippen LogP contribution is 2.28. The number of methoxy groups -OCH3 is 2. The van der Waals surface area contributed by atoms with Gasteiger partial charge in [-0.05, 0) is 35.6 Å². The molecule has 0 aliphatic rings. The summed E-state index contributed by atoms with van der Waals surface area (Å²) in [6, 6.07) is 11.9. The van der Waals surface area contributed by atoms with Gasteiger partial charge in [-0.1, -0.05) is 12.1 Å². The number of hydrogen-bond acceptors (Lipinski definition) is 7. The lowest BCUT2D eigenvalue weighted by molar-refractivity contribution is 0.112. The summed E-state index contributed by atoms with van der Waals surface area (Å²) in [4.78, 5) is 20.5. The number of benzene rings is 1. The molecule has 7 heteroatoms. The Morgan fingerprint density at radius 2 is 1.92 bits per heavy atom. The lowest BCUT2D eigenvalue weighted by Crippen LogP contribution is -2.08. The Morgan fingerprint density at radius 3 is 2.62 bits per heavy atom. The molecule has 0 aliphatic heterocycles. The van der Waals surface area contributed by atoms with Crippen molar-refractivity contribution in [1.29, 1.82) is 0 Å². The third kappa shape index (κ3) is 4.18. The van der Waals surface area contributed by atoms with Crippen LogP contribution < -0.4 is 14.8 Å². The average Bonchev–Trinajstić information content (AvgIpc) is 3.17. The van der Waals surface area contributed by atoms with Crippen molar-refractivity contribution in [2.75, 3.05) is 26.1 Å². The summed E-state index contributed by atoms with van der Waals surface area (Å²) in [6.07, 6.45) is 1.68. The van der Waals surface area contributed by atoms with Gasteiger partial charge in [0.05, 0.1) is 24.8 Å². The zero-order chi connectivity index (χ0) is 18.4. The Hall–Kier alpha value is -2.93. The van der Waals surface area contributed by atoms with Gasteiger partial charge in [-0.15, -0.1) is 11.3 Å². The number of ether oxygens (including phenoxy) is 2. The molecule has 3 aromatic rings. The van der Waals surface area contributed by atoms with Crippen molar-refractivity contribution in [3.63, 3.8) is 0 Å². The van der Waals surface area contributed by atoms with Crippen LogP contribution in [-0.2, 0) is 6.42 Å². The minimum Gasteiger partial charge on any atom is -0.497 e. The van der Waals surface area contributed by atoms with Gasteiger partial charge in [-0.2, -0.15) is 9.97 Å². The molecular formula is C19H19N3O3S. The fourth-order valence-corrected chi connectivity index (χ4v) is 3.20. The van der Waals surface area contributed by atoms with Gasteiger partial charge in [0.25, 0.3) is 0 Å². The lowest BCUT2D eigenvalue weighted by atomic mass is 10.1. The highest BCUT2D eigenvalue weighted by Gasteiger charge is 2.11. The molecule has 0 bridgehead atoms.